The molecule has 0 saturated carbocycles. The van der Waals surface area contributed by atoms with Crippen molar-refractivity contribution in [1.82, 2.24) is 5.32 Å². The highest BCUT2D eigenvalue weighted by molar-refractivity contribution is 14.1. The lowest BCUT2D eigenvalue weighted by atomic mass is 10.0. The van der Waals surface area contributed by atoms with Crippen LogP contribution in [0.2, 0.25) is 0 Å². The molecule has 3 N–H and O–H groups in total. The Morgan fingerprint density at radius 2 is 1.95 bits per heavy atom. The lowest BCUT2D eigenvalue weighted by Crippen LogP contribution is -2.61. The Labute approximate surface area is 132 Å². The van der Waals surface area contributed by atoms with Gasteiger partial charge in [-0.1, -0.05) is 6.07 Å². The predicted molar refractivity (Wildman–Crippen MR) is 77.9 cm³/mol. The van der Waals surface area contributed by atoms with Crippen molar-refractivity contribution < 1.29 is 27.9 Å². The van der Waals surface area contributed by atoms with Gasteiger partial charge in [0.25, 0.3) is 0 Å². The zero-order chi connectivity index (χ0) is 16.3. The molecular weight excluding hydrogens is 404 g/mol. The normalized spacial score (nSPS) is 14.3. The number of halogens is 4. The van der Waals surface area contributed by atoms with Gasteiger partial charge in [-0.05, 0) is 47.7 Å². The third-order valence-corrected chi connectivity index (χ3v) is 3.38. The number of anilines is 1. The van der Waals surface area contributed by atoms with Crippen molar-refractivity contribution in [2.45, 2.75) is 18.6 Å². The van der Waals surface area contributed by atoms with Crippen molar-refractivity contribution >= 4 is 40.2 Å². The number of carbonyl (C=O) groups excluding carboxylic acids is 1. The molecule has 0 saturated heterocycles. The van der Waals surface area contributed by atoms with Crippen LogP contribution in [0, 0.1) is 3.57 Å². The summed E-state index contributed by atoms with van der Waals surface area (Å²) in [7, 11) is 0. The molecule has 0 spiro atoms. The molecule has 0 aromatic heterocycles. The van der Waals surface area contributed by atoms with Gasteiger partial charge in [0.05, 0.1) is 6.54 Å². The van der Waals surface area contributed by atoms with Crippen LogP contribution in [0.3, 0.4) is 0 Å². The molecular formula is C12H12F3IN2O3. The summed E-state index contributed by atoms with van der Waals surface area (Å²) in [6.45, 7) is -0.318. The van der Waals surface area contributed by atoms with Gasteiger partial charge in [-0.25, -0.2) is 4.79 Å². The van der Waals surface area contributed by atoms with Crippen molar-refractivity contribution in [3.8, 4) is 0 Å². The van der Waals surface area contributed by atoms with E-state index in [1.165, 1.54) is 0 Å². The number of rotatable bonds is 5. The topological polar surface area (TPSA) is 78.4 Å². The van der Waals surface area contributed by atoms with E-state index in [-0.39, 0.29) is 0 Å². The van der Waals surface area contributed by atoms with Crippen LogP contribution in [-0.2, 0) is 9.59 Å². The largest absolute Gasteiger partial charge is 0.480 e. The second kappa shape index (κ2) is 6.60. The van der Waals surface area contributed by atoms with E-state index in [0.29, 0.717) is 12.6 Å². The zero-order valence-corrected chi connectivity index (χ0v) is 12.9. The average molecular weight is 416 g/mol. The summed E-state index contributed by atoms with van der Waals surface area (Å²) in [5.74, 6) is -2.87. The summed E-state index contributed by atoms with van der Waals surface area (Å²) in [5.41, 5.74) is -2.77. The molecule has 0 fully saturated rings. The van der Waals surface area contributed by atoms with Crippen LogP contribution in [0.1, 0.15) is 6.92 Å². The highest BCUT2D eigenvalue weighted by Crippen LogP contribution is 2.30. The highest BCUT2D eigenvalue weighted by atomic mass is 127. The quantitative estimate of drug-likeness (QED) is 0.644. The van der Waals surface area contributed by atoms with Gasteiger partial charge in [-0.2, -0.15) is 13.2 Å². The molecule has 1 aromatic rings. The van der Waals surface area contributed by atoms with Gasteiger partial charge in [0, 0.05) is 9.26 Å². The number of hydrogen-bond donors (Lipinski definition) is 3. The van der Waals surface area contributed by atoms with Gasteiger partial charge in [0.2, 0.25) is 11.4 Å². The van der Waals surface area contributed by atoms with Gasteiger partial charge < -0.3 is 10.4 Å². The minimum atomic E-state index is -5.03. The Hall–Kier alpha value is -1.36. The first-order chi connectivity index (χ1) is 9.56. The minimum absolute atomic E-state index is 0.415. The van der Waals surface area contributed by atoms with Crippen LogP contribution in [0.15, 0.2) is 24.3 Å². The second-order valence-corrected chi connectivity index (χ2v) is 5.59. The molecule has 1 rings (SSSR count). The van der Waals surface area contributed by atoms with E-state index in [2.05, 4.69) is 5.32 Å². The van der Waals surface area contributed by atoms with E-state index >= 15 is 0 Å². The van der Waals surface area contributed by atoms with Gasteiger partial charge >= 0.3 is 12.1 Å². The van der Waals surface area contributed by atoms with Crippen molar-refractivity contribution in [2.75, 3.05) is 11.9 Å². The van der Waals surface area contributed by atoms with E-state index < -0.39 is 30.1 Å². The Bertz CT molecular complexity index is 551. The van der Waals surface area contributed by atoms with Crippen molar-refractivity contribution in [3.63, 3.8) is 0 Å². The number of carboxylic acid groups (broad SMARTS) is 1. The first kappa shape index (κ1) is 17.7. The Morgan fingerprint density at radius 1 is 1.33 bits per heavy atom. The number of alkyl halides is 3. The third-order valence-electron chi connectivity index (χ3n) is 2.71. The van der Waals surface area contributed by atoms with Gasteiger partial charge in [0.15, 0.2) is 0 Å². The molecule has 0 heterocycles. The van der Waals surface area contributed by atoms with E-state index in [0.717, 1.165) is 3.57 Å². The number of carbonyl (C=O) groups is 2. The monoisotopic (exact) mass is 416 g/mol. The molecule has 1 aromatic carbocycles. The fraction of sp³-hybridized carbons (Fsp3) is 0.333. The Kier molecular flexibility index (Phi) is 5.56. The zero-order valence-electron chi connectivity index (χ0n) is 10.8. The molecule has 0 aliphatic carbocycles. The molecule has 0 aliphatic rings. The standard InChI is InChI=1S/C12H12F3IN2O3/c1-11(10(20)21,12(13,14)15)17-6-9(19)18-8-4-2-3-7(16)5-8/h2-5,17H,6H2,1H3,(H,18,19)(H,20,21). The number of carboxylic acids is 1. The highest BCUT2D eigenvalue weighted by Gasteiger charge is 2.57. The molecule has 116 valence electrons. The Morgan fingerprint density at radius 3 is 2.43 bits per heavy atom. The fourth-order valence-corrected chi connectivity index (χ4v) is 1.87. The lowest BCUT2D eigenvalue weighted by Gasteiger charge is -2.28. The van der Waals surface area contributed by atoms with Crippen molar-refractivity contribution in [2.24, 2.45) is 0 Å². The number of amides is 1. The molecule has 21 heavy (non-hydrogen) atoms. The van der Waals surface area contributed by atoms with Crippen LogP contribution < -0.4 is 10.6 Å². The summed E-state index contributed by atoms with van der Waals surface area (Å²) in [4.78, 5) is 22.4. The molecule has 5 nitrogen and oxygen atoms in total. The smallest absolute Gasteiger partial charge is 0.417 e. The third kappa shape index (κ3) is 4.56. The van der Waals surface area contributed by atoms with Crippen LogP contribution in [0.25, 0.3) is 0 Å². The van der Waals surface area contributed by atoms with Gasteiger partial charge in [-0.15, -0.1) is 0 Å². The molecule has 1 atom stereocenters. The summed E-state index contributed by atoms with van der Waals surface area (Å²) in [5, 5.41) is 12.8. The van der Waals surface area contributed by atoms with Crippen LogP contribution in [-0.4, -0.2) is 35.2 Å². The molecule has 0 radical (unpaired) electrons. The first-order valence-electron chi connectivity index (χ1n) is 5.67. The van der Waals surface area contributed by atoms with Gasteiger partial charge in [-0.3, -0.25) is 10.1 Å². The molecule has 1 unspecified atom stereocenters. The van der Waals surface area contributed by atoms with Crippen molar-refractivity contribution in [3.05, 3.63) is 27.8 Å². The summed E-state index contributed by atoms with van der Waals surface area (Å²) < 4.78 is 39.0. The maximum absolute atomic E-state index is 12.7. The maximum Gasteiger partial charge on any atom is 0.417 e. The fourth-order valence-electron chi connectivity index (χ4n) is 1.33. The average Bonchev–Trinajstić information content (AvgIpc) is 2.34. The second-order valence-electron chi connectivity index (χ2n) is 4.34. The van der Waals surface area contributed by atoms with E-state index in [1.54, 1.807) is 29.6 Å². The lowest BCUT2D eigenvalue weighted by molar-refractivity contribution is -0.205. The first-order valence-corrected chi connectivity index (χ1v) is 6.75. The summed E-state index contributed by atoms with van der Waals surface area (Å²) in [6, 6.07) is 6.64. The number of nitrogens with one attached hydrogen (secondary N) is 2. The molecule has 0 aliphatic heterocycles. The van der Waals surface area contributed by atoms with Crippen molar-refractivity contribution in [1.29, 1.82) is 0 Å². The number of hydrogen-bond acceptors (Lipinski definition) is 3. The van der Waals surface area contributed by atoms with Crippen LogP contribution >= 0.6 is 22.6 Å². The van der Waals surface area contributed by atoms with E-state index in [4.69, 9.17) is 5.11 Å². The maximum atomic E-state index is 12.7. The van der Waals surface area contributed by atoms with E-state index in [1.807, 2.05) is 22.6 Å². The van der Waals surface area contributed by atoms with Crippen LogP contribution in [0.5, 0.6) is 0 Å². The summed E-state index contributed by atoms with van der Waals surface area (Å²) >= 11 is 2.01. The molecule has 1 amide bonds. The summed E-state index contributed by atoms with van der Waals surface area (Å²) in [6.07, 6.45) is -5.03. The van der Waals surface area contributed by atoms with E-state index in [9.17, 15) is 22.8 Å². The number of aliphatic carboxylic acids is 1. The Balaban J connectivity index is 2.69. The number of benzene rings is 1. The predicted octanol–water partition coefficient (Wildman–Crippen LogP) is 2.22. The molecule has 9 heteroatoms. The SMILES string of the molecule is CC(NCC(=O)Nc1cccc(I)c1)(C(=O)O)C(F)(F)F. The van der Waals surface area contributed by atoms with Gasteiger partial charge in [0.1, 0.15) is 0 Å². The molecule has 0 bridgehead atoms. The minimum Gasteiger partial charge on any atom is -0.480 e. The van der Waals surface area contributed by atoms with Crippen LogP contribution in [0.4, 0.5) is 18.9 Å².